The number of amides is 1. The molecule has 0 saturated carbocycles. The molecule has 82 valence electrons. The minimum absolute atomic E-state index is 0.102. The van der Waals surface area contributed by atoms with Crippen molar-refractivity contribution >= 4 is 29.1 Å². The standard InChI is InChI=1S/C9H10Cl2N2O2/c10-7-2-1-6(8(11)3-7)4-15-5-9(14)13-12/h1-3H,4-5,12H2,(H,13,14). The molecule has 0 atom stereocenters. The Hall–Kier alpha value is -0.810. The largest absolute Gasteiger partial charge is 0.367 e. The Balaban J connectivity index is 2.47. The van der Waals surface area contributed by atoms with Crippen molar-refractivity contribution in [1.82, 2.24) is 5.43 Å². The van der Waals surface area contributed by atoms with Crippen molar-refractivity contribution in [2.75, 3.05) is 6.61 Å². The van der Waals surface area contributed by atoms with E-state index in [1.165, 1.54) is 0 Å². The van der Waals surface area contributed by atoms with Gasteiger partial charge in [0.25, 0.3) is 5.91 Å². The lowest BCUT2D eigenvalue weighted by molar-refractivity contribution is -0.126. The number of rotatable bonds is 4. The average molecular weight is 249 g/mol. The fourth-order valence-corrected chi connectivity index (χ4v) is 1.40. The second-order valence-corrected chi connectivity index (χ2v) is 3.64. The monoisotopic (exact) mass is 248 g/mol. The second kappa shape index (κ2) is 5.92. The second-order valence-electron chi connectivity index (χ2n) is 2.80. The molecule has 15 heavy (non-hydrogen) atoms. The zero-order chi connectivity index (χ0) is 11.3. The fraction of sp³-hybridized carbons (Fsp3) is 0.222. The van der Waals surface area contributed by atoms with E-state index in [0.717, 1.165) is 5.56 Å². The Labute approximate surface area is 97.3 Å². The van der Waals surface area contributed by atoms with E-state index in [0.29, 0.717) is 10.0 Å². The third-order valence-electron chi connectivity index (χ3n) is 1.67. The Kier molecular flexibility index (Phi) is 4.84. The van der Waals surface area contributed by atoms with Gasteiger partial charge in [-0.25, -0.2) is 5.84 Å². The summed E-state index contributed by atoms with van der Waals surface area (Å²) in [7, 11) is 0. The molecule has 0 aliphatic carbocycles. The molecule has 1 rings (SSSR count). The SMILES string of the molecule is NNC(=O)COCc1ccc(Cl)cc1Cl. The number of carbonyl (C=O) groups excluding carboxylic acids is 1. The van der Waals surface area contributed by atoms with E-state index in [2.05, 4.69) is 0 Å². The summed E-state index contributed by atoms with van der Waals surface area (Å²) in [5.74, 6) is 4.49. The summed E-state index contributed by atoms with van der Waals surface area (Å²) in [4.78, 5) is 10.7. The molecule has 0 spiro atoms. The number of nitrogens with two attached hydrogens (primary N) is 1. The summed E-state index contributed by atoms with van der Waals surface area (Å²) in [6.45, 7) is 0.138. The lowest BCUT2D eigenvalue weighted by Gasteiger charge is -2.05. The van der Waals surface area contributed by atoms with Crippen LogP contribution in [0.4, 0.5) is 0 Å². The van der Waals surface area contributed by atoms with Gasteiger partial charge in [-0.05, 0) is 17.7 Å². The highest BCUT2D eigenvalue weighted by molar-refractivity contribution is 6.35. The minimum Gasteiger partial charge on any atom is -0.367 e. The van der Waals surface area contributed by atoms with Crippen LogP contribution in [0.3, 0.4) is 0 Å². The van der Waals surface area contributed by atoms with E-state index in [9.17, 15) is 4.79 Å². The van der Waals surface area contributed by atoms with E-state index < -0.39 is 0 Å². The van der Waals surface area contributed by atoms with Gasteiger partial charge in [-0.3, -0.25) is 10.2 Å². The minimum atomic E-state index is -0.389. The maximum atomic E-state index is 10.7. The van der Waals surface area contributed by atoms with Crippen LogP contribution in [0.1, 0.15) is 5.56 Å². The summed E-state index contributed by atoms with van der Waals surface area (Å²) in [5, 5.41) is 1.07. The molecular weight excluding hydrogens is 239 g/mol. The van der Waals surface area contributed by atoms with Crippen LogP contribution >= 0.6 is 23.2 Å². The summed E-state index contributed by atoms with van der Waals surface area (Å²) in [6.07, 6.45) is 0. The van der Waals surface area contributed by atoms with Crippen LogP contribution in [0, 0.1) is 0 Å². The highest BCUT2D eigenvalue weighted by Crippen LogP contribution is 2.21. The van der Waals surface area contributed by atoms with Gasteiger partial charge in [-0.1, -0.05) is 29.3 Å². The van der Waals surface area contributed by atoms with Crippen LogP contribution in [-0.2, 0) is 16.1 Å². The van der Waals surface area contributed by atoms with Gasteiger partial charge >= 0.3 is 0 Å². The number of ether oxygens (including phenoxy) is 1. The third kappa shape index (κ3) is 4.05. The van der Waals surface area contributed by atoms with Crippen LogP contribution in [0.2, 0.25) is 10.0 Å². The Morgan fingerprint density at radius 1 is 1.47 bits per heavy atom. The Bertz CT molecular complexity index is 358. The van der Waals surface area contributed by atoms with Gasteiger partial charge in [0.15, 0.2) is 0 Å². The number of carbonyl (C=O) groups is 1. The molecule has 0 heterocycles. The molecule has 0 aliphatic heterocycles. The molecule has 0 unspecified atom stereocenters. The molecule has 0 aliphatic rings. The lowest BCUT2D eigenvalue weighted by Crippen LogP contribution is -2.33. The number of halogens is 2. The molecule has 0 radical (unpaired) electrons. The van der Waals surface area contributed by atoms with Gasteiger partial charge in [0.1, 0.15) is 6.61 Å². The van der Waals surface area contributed by atoms with Gasteiger partial charge in [0, 0.05) is 10.0 Å². The first-order chi connectivity index (χ1) is 7.13. The average Bonchev–Trinajstić information content (AvgIpc) is 2.21. The normalized spacial score (nSPS) is 10.1. The van der Waals surface area contributed by atoms with Crippen molar-refractivity contribution in [3.8, 4) is 0 Å². The van der Waals surface area contributed by atoms with Crippen molar-refractivity contribution in [1.29, 1.82) is 0 Å². The molecule has 3 N–H and O–H groups in total. The van der Waals surface area contributed by atoms with Gasteiger partial charge in [0.2, 0.25) is 0 Å². The van der Waals surface area contributed by atoms with Crippen molar-refractivity contribution in [3.63, 3.8) is 0 Å². The van der Waals surface area contributed by atoms with Gasteiger partial charge in [0.05, 0.1) is 6.61 Å². The van der Waals surface area contributed by atoms with E-state index in [1.54, 1.807) is 18.2 Å². The zero-order valence-corrected chi connectivity index (χ0v) is 9.31. The zero-order valence-electron chi connectivity index (χ0n) is 7.80. The van der Waals surface area contributed by atoms with Gasteiger partial charge < -0.3 is 4.74 Å². The summed E-state index contributed by atoms with van der Waals surface area (Å²) in [6, 6.07) is 5.06. The Morgan fingerprint density at radius 3 is 2.80 bits per heavy atom. The van der Waals surface area contributed by atoms with Crippen LogP contribution in [0.5, 0.6) is 0 Å². The lowest BCUT2D eigenvalue weighted by atomic mass is 10.2. The maximum Gasteiger partial charge on any atom is 0.259 e. The highest BCUT2D eigenvalue weighted by atomic mass is 35.5. The maximum absolute atomic E-state index is 10.7. The van der Waals surface area contributed by atoms with Crippen LogP contribution in [0.15, 0.2) is 18.2 Å². The molecular formula is C9H10Cl2N2O2. The van der Waals surface area contributed by atoms with E-state index in [1.807, 2.05) is 5.43 Å². The smallest absolute Gasteiger partial charge is 0.259 e. The number of benzene rings is 1. The third-order valence-corrected chi connectivity index (χ3v) is 2.25. The summed E-state index contributed by atoms with van der Waals surface area (Å²) >= 11 is 11.6. The molecule has 0 saturated heterocycles. The summed E-state index contributed by atoms with van der Waals surface area (Å²) < 4.78 is 5.07. The molecule has 0 aromatic heterocycles. The molecule has 4 nitrogen and oxygen atoms in total. The van der Waals surface area contributed by atoms with Crippen molar-refractivity contribution < 1.29 is 9.53 Å². The number of hydrazine groups is 1. The molecule has 6 heteroatoms. The molecule has 1 aromatic carbocycles. The topological polar surface area (TPSA) is 64.3 Å². The first-order valence-electron chi connectivity index (χ1n) is 4.14. The first-order valence-corrected chi connectivity index (χ1v) is 4.90. The number of hydrogen-bond acceptors (Lipinski definition) is 3. The molecule has 1 amide bonds. The van der Waals surface area contributed by atoms with E-state index in [4.69, 9.17) is 33.8 Å². The number of hydrogen-bond donors (Lipinski definition) is 2. The van der Waals surface area contributed by atoms with Crippen LogP contribution in [-0.4, -0.2) is 12.5 Å². The molecule has 0 fully saturated rings. The predicted octanol–water partition coefficient (Wildman–Crippen LogP) is 1.50. The predicted molar refractivity (Wildman–Crippen MR) is 58.4 cm³/mol. The van der Waals surface area contributed by atoms with Crippen LogP contribution < -0.4 is 11.3 Å². The summed E-state index contributed by atoms with van der Waals surface area (Å²) in [5.41, 5.74) is 2.73. The van der Waals surface area contributed by atoms with E-state index >= 15 is 0 Å². The fourth-order valence-electron chi connectivity index (χ4n) is 0.934. The van der Waals surface area contributed by atoms with Crippen molar-refractivity contribution in [3.05, 3.63) is 33.8 Å². The highest BCUT2D eigenvalue weighted by Gasteiger charge is 2.03. The van der Waals surface area contributed by atoms with Crippen molar-refractivity contribution in [2.24, 2.45) is 5.84 Å². The number of nitrogens with one attached hydrogen (secondary N) is 1. The van der Waals surface area contributed by atoms with Crippen LogP contribution in [0.25, 0.3) is 0 Å². The van der Waals surface area contributed by atoms with Crippen molar-refractivity contribution in [2.45, 2.75) is 6.61 Å². The Morgan fingerprint density at radius 2 is 2.20 bits per heavy atom. The molecule has 0 bridgehead atoms. The quantitative estimate of drug-likeness (QED) is 0.482. The van der Waals surface area contributed by atoms with Gasteiger partial charge in [-0.2, -0.15) is 0 Å². The molecule has 1 aromatic rings. The van der Waals surface area contributed by atoms with Gasteiger partial charge in [-0.15, -0.1) is 0 Å². The van der Waals surface area contributed by atoms with E-state index in [-0.39, 0.29) is 19.1 Å². The first kappa shape index (κ1) is 12.3.